The first-order valence-electron chi connectivity index (χ1n) is 6.86. The quantitative estimate of drug-likeness (QED) is 0.742. The summed E-state index contributed by atoms with van der Waals surface area (Å²) in [6.45, 7) is 3.66. The Morgan fingerprint density at radius 1 is 1.32 bits per heavy atom. The number of hydrogen-bond acceptors (Lipinski definition) is 5. The van der Waals surface area contributed by atoms with Gasteiger partial charge in [-0.15, -0.1) is 0 Å². The standard InChI is InChI=1S/C15H19N3O4/c1-9-11(10(2)18-15(21)12(9)8-16)4-5-13(19)17-7-6-14(20)22-3/h4-7H2,1-3H3,(H,17,19)(H,18,21). The summed E-state index contributed by atoms with van der Waals surface area (Å²) in [5.74, 6) is -0.585. The van der Waals surface area contributed by atoms with Crippen molar-refractivity contribution in [3.8, 4) is 6.07 Å². The molecule has 0 spiro atoms. The van der Waals surface area contributed by atoms with Gasteiger partial charge in [-0.05, 0) is 31.4 Å². The van der Waals surface area contributed by atoms with Crippen LogP contribution < -0.4 is 10.9 Å². The lowest BCUT2D eigenvalue weighted by atomic mass is 9.99. The maximum absolute atomic E-state index is 11.7. The molecular weight excluding hydrogens is 286 g/mol. The molecule has 0 aliphatic rings. The Balaban J connectivity index is 2.66. The molecule has 0 atom stereocenters. The number of nitrogens with zero attached hydrogens (tertiary/aromatic N) is 1. The van der Waals surface area contributed by atoms with E-state index >= 15 is 0 Å². The zero-order chi connectivity index (χ0) is 16.7. The smallest absolute Gasteiger partial charge is 0.307 e. The number of amides is 1. The van der Waals surface area contributed by atoms with Crippen molar-refractivity contribution >= 4 is 11.9 Å². The summed E-state index contributed by atoms with van der Waals surface area (Å²) in [5, 5.41) is 11.6. The average Bonchev–Trinajstić information content (AvgIpc) is 2.46. The van der Waals surface area contributed by atoms with E-state index < -0.39 is 5.56 Å². The van der Waals surface area contributed by atoms with E-state index in [0.717, 1.165) is 5.56 Å². The Bertz CT molecular complexity index is 671. The van der Waals surface area contributed by atoms with Crippen molar-refractivity contribution in [3.63, 3.8) is 0 Å². The van der Waals surface area contributed by atoms with Crippen molar-refractivity contribution in [1.82, 2.24) is 10.3 Å². The molecule has 0 aromatic carbocycles. The molecule has 1 aromatic heterocycles. The number of aromatic nitrogens is 1. The molecule has 7 heteroatoms. The Kier molecular flexibility index (Phi) is 6.32. The largest absolute Gasteiger partial charge is 0.469 e. The van der Waals surface area contributed by atoms with Crippen LogP contribution in [0.15, 0.2) is 4.79 Å². The number of pyridine rings is 1. The van der Waals surface area contributed by atoms with Crippen LogP contribution >= 0.6 is 0 Å². The van der Waals surface area contributed by atoms with E-state index in [4.69, 9.17) is 5.26 Å². The van der Waals surface area contributed by atoms with Crippen LogP contribution in [0.1, 0.15) is 35.2 Å². The van der Waals surface area contributed by atoms with Crippen molar-refractivity contribution in [2.24, 2.45) is 0 Å². The third kappa shape index (κ3) is 4.45. The lowest BCUT2D eigenvalue weighted by molar-refractivity contribution is -0.140. The molecule has 0 saturated carbocycles. The molecule has 0 bridgehead atoms. The van der Waals surface area contributed by atoms with Crippen LogP contribution in [0.25, 0.3) is 0 Å². The zero-order valence-electron chi connectivity index (χ0n) is 12.9. The van der Waals surface area contributed by atoms with Crippen LogP contribution in [-0.2, 0) is 20.7 Å². The summed E-state index contributed by atoms with van der Waals surface area (Å²) in [4.78, 5) is 36.9. The summed E-state index contributed by atoms with van der Waals surface area (Å²) < 4.78 is 4.47. The van der Waals surface area contributed by atoms with Crippen molar-refractivity contribution in [3.05, 3.63) is 32.7 Å². The molecule has 7 nitrogen and oxygen atoms in total. The first-order valence-corrected chi connectivity index (χ1v) is 6.86. The summed E-state index contributed by atoms with van der Waals surface area (Å²) in [7, 11) is 1.29. The number of aryl methyl sites for hydroxylation is 1. The fourth-order valence-corrected chi connectivity index (χ4v) is 2.15. The van der Waals surface area contributed by atoms with Crippen LogP contribution in [0.3, 0.4) is 0 Å². The zero-order valence-corrected chi connectivity index (χ0v) is 12.9. The van der Waals surface area contributed by atoms with Crippen molar-refractivity contribution in [1.29, 1.82) is 5.26 Å². The number of ether oxygens (including phenoxy) is 1. The first kappa shape index (κ1) is 17.4. The number of hydrogen-bond donors (Lipinski definition) is 2. The molecular formula is C15H19N3O4. The van der Waals surface area contributed by atoms with Gasteiger partial charge in [-0.1, -0.05) is 0 Å². The van der Waals surface area contributed by atoms with Gasteiger partial charge in [0.2, 0.25) is 5.91 Å². The van der Waals surface area contributed by atoms with Gasteiger partial charge >= 0.3 is 5.97 Å². The van der Waals surface area contributed by atoms with Crippen LogP contribution in [0.4, 0.5) is 0 Å². The van der Waals surface area contributed by atoms with Crippen LogP contribution in [0, 0.1) is 25.2 Å². The molecule has 118 valence electrons. The molecule has 0 saturated heterocycles. The molecule has 0 unspecified atom stereocenters. The third-order valence-corrected chi connectivity index (χ3v) is 3.40. The Hall–Kier alpha value is -2.62. The second-order valence-electron chi connectivity index (χ2n) is 4.85. The molecule has 0 fully saturated rings. The molecule has 0 aliphatic carbocycles. The van der Waals surface area contributed by atoms with Gasteiger partial charge in [0, 0.05) is 18.7 Å². The molecule has 22 heavy (non-hydrogen) atoms. The second kappa shape index (κ2) is 7.98. The van der Waals surface area contributed by atoms with E-state index in [2.05, 4.69) is 15.0 Å². The second-order valence-corrected chi connectivity index (χ2v) is 4.85. The molecule has 1 rings (SSSR count). The number of methoxy groups -OCH3 is 1. The monoisotopic (exact) mass is 305 g/mol. The molecule has 0 radical (unpaired) electrons. The van der Waals surface area contributed by atoms with Gasteiger partial charge in [0.25, 0.3) is 5.56 Å². The fraction of sp³-hybridized carbons (Fsp3) is 0.467. The summed E-state index contributed by atoms with van der Waals surface area (Å²) in [6.07, 6.45) is 0.741. The van der Waals surface area contributed by atoms with E-state index in [1.807, 2.05) is 6.07 Å². The van der Waals surface area contributed by atoms with Gasteiger partial charge in [0.05, 0.1) is 13.5 Å². The highest BCUT2D eigenvalue weighted by atomic mass is 16.5. The number of carbonyl (C=O) groups excluding carboxylic acids is 2. The van der Waals surface area contributed by atoms with Crippen LogP contribution in [0.2, 0.25) is 0 Å². The van der Waals surface area contributed by atoms with Crippen LogP contribution in [-0.4, -0.2) is 30.5 Å². The highest BCUT2D eigenvalue weighted by Crippen LogP contribution is 2.14. The van der Waals surface area contributed by atoms with E-state index in [-0.39, 0.29) is 36.8 Å². The predicted octanol–water partition coefficient (Wildman–Crippen LogP) is 0.475. The number of H-pyrrole nitrogens is 1. The fourth-order valence-electron chi connectivity index (χ4n) is 2.15. The van der Waals surface area contributed by atoms with Crippen molar-refractivity contribution in [2.45, 2.75) is 33.1 Å². The van der Waals surface area contributed by atoms with Crippen LogP contribution in [0.5, 0.6) is 0 Å². The minimum atomic E-state index is -0.413. The minimum Gasteiger partial charge on any atom is -0.469 e. The number of esters is 1. The molecule has 2 N–H and O–H groups in total. The normalized spacial score (nSPS) is 9.91. The summed E-state index contributed by atoms with van der Waals surface area (Å²) in [6, 6.07) is 1.88. The van der Waals surface area contributed by atoms with Crippen molar-refractivity contribution in [2.75, 3.05) is 13.7 Å². The topological polar surface area (TPSA) is 112 Å². The number of carbonyl (C=O) groups is 2. The van der Waals surface area contributed by atoms with Gasteiger partial charge in [0.15, 0.2) is 0 Å². The van der Waals surface area contributed by atoms with Gasteiger partial charge < -0.3 is 15.0 Å². The Morgan fingerprint density at radius 2 is 2.00 bits per heavy atom. The first-order chi connectivity index (χ1) is 10.4. The van der Waals surface area contributed by atoms with E-state index in [9.17, 15) is 14.4 Å². The van der Waals surface area contributed by atoms with Gasteiger partial charge in [-0.3, -0.25) is 14.4 Å². The molecule has 1 aromatic rings. The number of nitriles is 1. The maximum atomic E-state index is 11.7. The Morgan fingerprint density at radius 3 is 2.59 bits per heavy atom. The highest BCUT2D eigenvalue weighted by molar-refractivity contribution is 5.77. The maximum Gasteiger partial charge on any atom is 0.307 e. The Labute approximate surface area is 128 Å². The van der Waals surface area contributed by atoms with E-state index in [1.165, 1.54) is 7.11 Å². The van der Waals surface area contributed by atoms with E-state index in [0.29, 0.717) is 17.7 Å². The average molecular weight is 305 g/mol. The molecule has 1 amide bonds. The highest BCUT2D eigenvalue weighted by Gasteiger charge is 2.13. The lowest BCUT2D eigenvalue weighted by Gasteiger charge is -2.10. The summed E-state index contributed by atoms with van der Waals surface area (Å²) >= 11 is 0. The lowest BCUT2D eigenvalue weighted by Crippen LogP contribution is -2.27. The third-order valence-electron chi connectivity index (χ3n) is 3.40. The van der Waals surface area contributed by atoms with Gasteiger partial charge in [0.1, 0.15) is 11.6 Å². The van der Waals surface area contributed by atoms with E-state index in [1.54, 1.807) is 13.8 Å². The predicted molar refractivity (Wildman–Crippen MR) is 79.2 cm³/mol. The van der Waals surface area contributed by atoms with Gasteiger partial charge in [-0.25, -0.2) is 0 Å². The van der Waals surface area contributed by atoms with Gasteiger partial charge in [-0.2, -0.15) is 5.26 Å². The SMILES string of the molecule is COC(=O)CCNC(=O)CCc1c(C)[nH]c(=O)c(C#N)c1C. The molecule has 1 heterocycles. The molecule has 0 aliphatic heterocycles. The summed E-state index contributed by atoms with van der Waals surface area (Å²) in [5.41, 5.74) is 1.71. The number of nitrogens with one attached hydrogen (secondary N) is 2. The van der Waals surface area contributed by atoms with Crippen molar-refractivity contribution < 1.29 is 14.3 Å². The minimum absolute atomic E-state index is 0.0756. The number of rotatable bonds is 6. The number of aromatic amines is 1.